The normalized spacial score (nSPS) is 16.0. The molecule has 1 atom stereocenters. The van der Waals surface area contributed by atoms with Crippen LogP contribution >= 0.6 is 0 Å². The first-order valence-electron chi connectivity index (χ1n) is 10.0. The van der Waals surface area contributed by atoms with Crippen LogP contribution < -0.4 is 16.6 Å². The molecule has 7 heteroatoms. The van der Waals surface area contributed by atoms with Crippen LogP contribution in [0.3, 0.4) is 0 Å². The summed E-state index contributed by atoms with van der Waals surface area (Å²) in [6, 6.07) is 13.1. The van der Waals surface area contributed by atoms with Crippen LogP contribution in [0.4, 0.5) is 0 Å². The zero-order valence-electron chi connectivity index (χ0n) is 16.8. The molecular weight excluding hydrogens is 380 g/mol. The number of hydrogen-bond acceptors (Lipinski definition) is 3. The number of nitrogens with zero attached hydrogens (tertiary/aromatic N) is 1. The third-order valence-electron chi connectivity index (χ3n) is 6.20. The van der Waals surface area contributed by atoms with Crippen LogP contribution in [-0.2, 0) is 6.42 Å². The summed E-state index contributed by atoms with van der Waals surface area (Å²) in [6.07, 6.45) is 0.866. The molecule has 0 unspecified atom stereocenters. The van der Waals surface area contributed by atoms with E-state index in [2.05, 4.69) is 16.0 Å². The van der Waals surface area contributed by atoms with Gasteiger partial charge in [-0.2, -0.15) is 0 Å². The Labute approximate surface area is 172 Å². The summed E-state index contributed by atoms with van der Waals surface area (Å²) in [4.78, 5) is 31.4. The van der Waals surface area contributed by atoms with E-state index < -0.39 is 17.3 Å². The van der Waals surface area contributed by atoms with Crippen molar-refractivity contribution in [2.45, 2.75) is 26.3 Å². The molecular formula is C23H23N4O3+. The number of fused-ring (bicyclic) bond motifs is 3. The minimum absolute atomic E-state index is 0.183. The van der Waals surface area contributed by atoms with E-state index in [4.69, 9.17) is 0 Å². The largest absolute Gasteiger partial charge is 0.494 e. The Balaban J connectivity index is 1.77. The first kappa shape index (κ1) is 18.4. The van der Waals surface area contributed by atoms with E-state index in [9.17, 15) is 14.7 Å². The number of aromatic amines is 2. The SMILES string of the molecule is Cc1cccc(-n2c(O)c([C@H]3[NH2+]CCc4c3[nH]c3ccccc43)c(=O)[nH]c2=O)c1C. The summed E-state index contributed by atoms with van der Waals surface area (Å²) in [5.41, 5.74) is 4.44. The van der Waals surface area contributed by atoms with Crippen LogP contribution in [0.25, 0.3) is 16.6 Å². The zero-order valence-corrected chi connectivity index (χ0v) is 16.8. The van der Waals surface area contributed by atoms with Crippen LogP contribution in [0.15, 0.2) is 52.1 Å². The number of para-hydroxylation sites is 1. The lowest BCUT2D eigenvalue weighted by molar-refractivity contribution is -0.690. The molecule has 0 amide bonds. The van der Waals surface area contributed by atoms with Gasteiger partial charge in [-0.15, -0.1) is 0 Å². The molecule has 0 spiro atoms. The van der Waals surface area contributed by atoms with Crippen molar-refractivity contribution < 1.29 is 10.4 Å². The van der Waals surface area contributed by atoms with Crippen molar-refractivity contribution in [1.82, 2.24) is 14.5 Å². The first-order chi connectivity index (χ1) is 14.5. The average molecular weight is 403 g/mol. The highest BCUT2D eigenvalue weighted by atomic mass is 16.3. The molecule has 0 saturated carbocycles. The van der Waals surface area contributed by atoms with Gasteiger partial charge >= 0.3 is 5.69 Å². The lowest BCUT2D eigenvalue weighted by atomic mass is 9.95. The molecule has 2 aromatic carbocycles. The van der Waals surface area contributed by atoms with Crippen LogP contribution in [-0.4, -0.2) is 26.2 Å². The lowest BCUT2D eigenvalue weighted by Crippen LogP contribution is -2.87. The van der Waals surface area contributed by atoms with Gasteiger partial charge in [0.05, 0.1) is 17.9 Å². The third-order valence-corrected chi connectivity index (χ3v) is 6.20. The predicted octanol–water partition coefficient (Wildman–Crippen LogP) is 1.54. The number of aromatic hydroxyl groups is 1. The van der Waals surface area contributed by atoms with Crippen LogP contribution in [0.5, 0.6) is 5.88 Å². The van der Waals surface area contributed by atoms with Crippen molar-refractivity contribution >= 4 is 10.9 Å². The molecule has 152 valence electrons. The minimum atomic E-state index is -0.650. The fourth-order valence-corrected chi connectivity index (χ4v) is 4.55. The molecule has 3 heterocycles. The van der Waals surface area contributed by atoms with Crippen molar-refractivity contribution in [2.24, 2.45) is 0 Å². The van der Waals surface area contributed by atoms with Gasteiger partial charge in [0.1, 0.15) is 5.56 Å². The molecule has 0 bridgehead atoms. The standard InChI is InChI=1S/C23H22N4O3/c1-12-6-5-9-17(13(12)2)27-22(29)18(21(28)26-23(27)30)20-19-15(10-11-24-20)14-7-3-4-8-16(14)25-19/h3-9,20,24-25,29H,10-11H2,1-2H3,(H,26,28,30)/p+1/t20-/m1/s1. The Kier molecular flexibility index (Phi) is 4.15. The second-order valence-corrected chi connectivity index (χ2v) is 7.87. The summed E-state index contributed by atoms with van der Waals surface area (Å²) in [5, 5.41) is 14.3. The quantitative estimate of drug-likeness (QED) is 0.408. The van der Waals surface area contributed by atoms with Crippen molar-refractivity contribution in [3.8, 4) is 11.6 Å². The Morgan fingerprint density at radius 1 is 1.07 bits per heavy atom. The number of aromatic nitrogens is 3. The van der Waals surface area contributed by atoms with Gasteiger partial charge in [-0.25, -0.2) is 9.36 Å². The zero-order chi connectivity index (χ0) is 21.0. The number of benzene rings is 2. The molecule has 0 aliphatic carbocycles. The molecule has 4 aromatic rings. The highest BCUT2D eigenvalue weighted by Crippen LogP contribution is 2.32. The molecule has 5 rings (SSSR count). The van der Waals surface area contributed by atoms with E-state index in [1.165, 1.54) is 4.57 Å². The van der Waals surface area contributed by atoms with E-state index in [1.54, 1.807) is 6.07 Å². The molecule has 7 nitrogen and oxygen atoms in total. The molecule has 5 N–H and O–H groups in total. The third kappa shape index (κ3) is 2.63. The molecule has 0 radical (unpaired) electrons. The number of nitrogens with one attached hydrogen (secondary N) is 2. The molecule has 30 heavy (non-hydrogen) atoms. The molecule has 1 aliphatic heterocycles. The minimum Gasteiger partial charge on any atom is -0.494 e. The van der Waals surface area contributed by atoms with E-state index in [0.29, 0.717) is 5.69 Å². The fraction of sp³-hybridized carbons (Fsp3) is 0.217. The van der Waals surface area contributed by atoms with E-state index in [0.717, 1.165) is 46.3 Å². The van der Waals surface area contributed by atoms with Gasteiger partial charge in [-0.05, 0) is 42.7 Å². The number of nitrogens with two attached hydrogens (primary N) is 1. The monoisotopic (exact) mass is 403 g/mol. The predicted molar refractivity (Wildman–Crippen MR) is 114 cm³/mol. The van der Waals surface area contributed by atoms with Gasteiger partial charge in [0.2, 0.25) is 5.88 Å². The van der Waals surface area contributed by atoms with Gasteiger partial charge < -0.3 is 15.4 Å². The van der Waals surface area contributed by atoms with Gasteiger partial charge in [0, 0.05) is 17.3 Å². The molecule has 0 fully saturated rings. The maximum absolute atomic E-state index is 12.9. The average Bonchev–Trinajstić information content (AvgIpc) is 3.10. The molecule has 2 aromatic heterocycles. The van der Waals surface area contributed by atoms with Crippen molar-refractivity contribution in [2.75, 3.05) is 6.54 Å². The first-order valence-corrected chi connectivity index (χ1v) is 10.0. The maximum Gasteiger partial charge on any atom is 0.335 e. The number of hydrogen-bond donors (Lipinski definition) is 4. The Bertz CT molecular complexity index is 1410. The summed E-state index contributed by atoms with van der Waals surface area (Å²) in [5.74, 6) is -0.315. The fourth-order valence-electron chi connectivity index (χ4n) is 4.55. The van der Waals surface area contributed by atoms with Crippen molar-refractivity contribution in [3.63, 3.8) is 0 Å². The van der Waals surface area contributed by atoms with Gasteiger partial charge in [0.15, 0.2) is 6.04 Å². The second-order valence-electron chi connectivity index (χ2n) is 7.87. The van der Waals surface area contributed by atoms with Gasteiger partial charge in [-0.3, -0.25) is 9.78 Å². The van der Waals surface area contributed by atoms with Crippen molar-refractivity contribution in [3.05, 3.63) is 91.3 Å². The summed E-state index contributed by atoms with van der Waals surface area (Å²) in [7, 11) is 0. The number of rotatable bonds is 2. The molecule has 1 aliphatic rings. The Morgan fingerprint density at radius 3 is 2.70 bits per heavy atom. The van der Waals surface area contributed by atoms with Crippen LogP contribution in [0, 0.1) is 13.8 Å². The highest BCUT2D eigenvalue weighted by molar-refractivity contribution is 5.85. The number of H-pyrrole nitrogens is 2. The van der Waals surface area contributed by atoms with Crippen molar-refractivity contribution in [1.29, 1.82) is 0 Å². The summed E-state index contributed by atoms with van der Waals surface area (Å²) < 4.78 is 1.20. The van der Waals surface area contributed by atoms with Crippen LogP contribution in [0.1, 0.15) is 34.0 Å². The maximum atomic E-state index is 12.9. The summed E-state index contributed by atoms with van der Waals surface area (Å²) >= 11 is 0. The van der Waals surface area contributed by atoms with Gasteiger partial charge in [-0.1, -0.05) is 30.3 Å². The number of quaternary nitrogens is 1. The van der Waals surface area contributed by atoms with Gasteiger partial charge in [0.25, 0.3) is 5.56 Å². The smallest absolute Gasteiger partial charge is 0.335 e. The second kappa shape index (κ2) is 6.74. The Hall–Kier alpha value is -3.58. The molecule has 0 saturated heterocycles. The van der Waals surface area contributed by atoms with E-state index >= 15 is 0 Å². The Morgan fingerprint density at radius 2 is 1.87 bits per heavy atom. The summed E-state index contributed by atoms with van der Waals surface area (Å²) in [6.45, 7) is 4.62. The van der Waals surface area contributed by atoms with Crippen LogP contribution in [0.2, 0.25) is 0 Å². The highest BCUT2D eigenvalue weighted by Gasteiger charge is 2.34. The van der Waals surface area contributed by atoms with E-state index in [-0.39, 0.29) is 11.4 Å². The lowest BCUT2D eigenvalue weighted by Gasteiger charge is -2.22. The topological polar surface area (TPSA) is 107 Å². The van der Waals surface area contributed by atoms with E-state index in [1.807, 2.05) is 49.5 Å². The number of aryl methyl sites for hydroxylation is 1.